The maximum atomic E-state index is 6.18. The number of benzene rings is 2. The fraction of sp³-hybridized carbons (Fsp3) is 0.118. The number of aromatic nitrogens is 1. The van der Waals surface area contributed by atoms with E-state index in [0.717, 1.165) is 22.0 Å². The summed E-state index contributed by atoms with van der Waals surface area (Å²) >= 11 is 12.1. The van der Waals surface area contributed by atoms with Crippen molar-refractivity contribution in [2.75, 3.05) is 0 Å². The summed E-state index contributed by atoms with van der Waals surface area (Å²) in [6.45, 7) is 0.443. The van der Waals surface area contributed by atoms with Gasteiger partial charge in [-0.3, -0.25) is 4.98 Å². The molecule has 0 saturated heterocycles. The summed E-state index contributed by atoms with van der Waals surface area (Å²) in [4.78, 5) is 4.30. The Morgan fingerprint density at radius 1 is 1.05 bits per heavy atom. The number of ether oxygens (including phenoxy) is 1. The van der Waals surface area contributed by atoms with Crippen molar-refractivity contribution in [2.24, 2.45) is 0 Å². The molecular weight excluding hydrogens is 305 g/mol. The zero-order chi connectivity index (χ0) is 14.7. The Morgan fingerprint density at radius 2 is 1.95 bits per heavy atom. The number of halogens is 2. The average Bonchev–Trinajstić information content (AvgIpc) is 2.53. The number of para-hydroxylation sites is 1. The van der Waals surface area contributed by atoms with Crippen LogP contribution >= 0.6 is 23.2 Å². The standard InChI is InChI=1S/C17H13Cl2NO/c18-10-14-3-1-5-15(19)17(14)21-11-12-6-7-16-13(9-12)4-2-8-20-16/h1-9H,10-11H2. The van der Waals surface area contributed by atoms with Gasteiger partial charge in [0.05, 0.1) is 16.4 Å². The zero-order valence-corrected chi connectivity index (χ0v) is 12.7. The molecule has 21 heavy (non-hydrogen) atoms. The predicted molar refractivity (Wildman–Crippen MR) is 87.1 cm³/mol. The molecule has 1 heterocycles. The van der Waals surface area contributed by atoms with Gasteiger partial charge in [-0.25, -0.2) is 0 Å². The van der Waals surface area contributed by atoms with Crippen LogP contribution in [-0.4, -0.2) is 4.98 Å². The van der Waals surface area contributed by atoms with Crippen molar-refractivity contribution in [1.29, 1.82) is 0 Å². The first-order chi connectivity index (χ1) is 10.3. The summed E-state index contributed by atoms with van der Waals surface area (Å²) in [5, 5.41) is 1.67. The second kappa shape index (κ2) is 6.33. The monoisotopic (exact) mass is 317 g/mol. The van der Waals surface area contributed by atoms with Crippen LogP contribution in [0.4, 0.5) is 0 Å². The normalized spacial score (nSPS) is 10.8. The lowest BCUT2D eigenvalue weighted by Gasteiger charge is -2.12. The highest BCUT2D eigenvalue weighted by Gasteiger charge is 2.08. The van der Waals surface area contributed by atoms with Crippen molar-refractivity contribution in [2.45, 2.75) is 12.5 Å². The van der Waals surface area contributed by atoms with Gasteiger partial charge in [0, 0.05) is 17.1 Å². The summed E-state index contributed by atoms with van der Waals surface area (Å²) < 4.78 is 5.86. The molecule has 0 aliphatic rings. The van der Waals surface area contributed by atoms with Crippen molar-refractivity contribution in [3.8, 4) is 5.75 Å². The van der Waals surface area contributed by atoms with Crippen LogP contribution in [0.1, 0.15) is 11.1 Å². The number of hydrogen-bond donors (Lipinski definition) is 0. The molecule has 0 spiro atoms. The molecule has 0 amide bonds. The van der Waals surface area contributed by atoms with E-state index < -0.39 is 0 Å². The van der Waals surface area contributed by atoms with Gasteiger partial charge in [-0.05, 0) is 29.8 Å². The third kappa shape index (κ3) is 3.12. The molecule has 3 aromatic rings. The number of nitrogens with zero attached hydrogens (tertiary/aromatic N) is 1. The lowest BCUT2D eigenvalue weighted by atomic mass is 10.1. The van der Waals surface area contributed by atoms with Crippen LogP contribution < -0.4 is 4.74 Å². The highest BCUT2D eigenvalue weighted by Crippen LogP contribution is 2.30. The Kier molecular flexibility index (Phi) is 4.28. The van der Waals surface area contributed by atoms with E-state index >= 15 is 0 Å². The molecule has 1 aromatic heterocycles. The molecular formula is C17H13Cl2NO. The molecule has 106 valence electrons. The Hall–Kier alpha value is -1.77. The van der Waals surface area contributed by atoms with Crippen LogP contribution in [-0.2, 0) is 12.5 Å². The Labute approximate surface area is 133 Å². The molecule has 2 nitrogen and oxygen atoms in total. The average molecular weight is 318 g/mol. The Balaban J connectivity index is 1.83. The minimum absolute atomic E-state index is 0.373. The second-order valence-corrected chi connectivity index (χ2v) is 5.36. The minimum atomic E-state index is 0.373. The van der Waals surface area contributed by atoms with Gasteiger partial charge in [-0.15, -0.1) is 11.6 Å². The van der Waals surface area contributed by atoms with Gasteiger partial charge in [0.2, 0.25) is 0 Å². The van der Waals surface area contributed by atoms with E-state index in [1.165, 1.54) is 0 Å². The third-order valence-corrected chi connectivity index (χ3v) is 3.83. The van der Waals surface area contributed by atoms with Crippen LogP contribution in [0.15, 0.2) is 54.7 Å². The Morgan fingerprint density at radius 3 is 2.81 bits per heavy atom. The molecule has 0 bridgehead atoms. The number of fused-ring (bicyclic) bond motifs is 1. The first-order valence-electron chi connectivity index (χ1n) is 6.58. The number of rotatable bonds is 4. The maximum absolute atomic E-state index is 6.18. The molecule has 0 atom stereocenters. The van der Waals surface area contributed by atoms with Crippen LogP contribution in [0.5, 0.6) is 5.75 Å². The first kappa shape index (κ1) is 14.2. The van der Waals surface area contributed by atoms with E-state index in [1.807, 2.05) is 36.4 Å². The highest BCUT2D eigenvalue weighted by atomic mass is 35.5. The quantitative estimate of drug-likeness (QED) is 0.616. The van der Waals surface area contributed by atoms with Crippen molar-refractivity contribution < 1.29 is 4.74 Å². The lowest BCUT2D eigenvalue weighted by Crippen LogP contribution is -1.98. The third-order valence-electron chi connectivity index (χ3n) is 3.24. The molecule has 0 aliphatic heterocycles. The molecule has 0 unspecified atom stereocenters. The fourth-order valence-electron chi connectivity index (χ4n) is 2.19. The van der Waals surface area contributed by atoms with E-state index in [-0.39, 0.29) is 0 Å². The molecule has 4 heteroatoms. The molecule has 2 aromatic carbocycles. The molecule has 0 fully saturated rings. The van der Waals surface area contributed by atoms with Gasteiger partial charge in [-0.1, -0.05) is 35.9 Å². The van der Waals surface area contributed by atoms with Gasteiger partial charge >= 0.3 is 0 Å². The van der Waals surface area contributed by atoms with Gasteiger partial charge in [0.25, 0.3) is 0 Å². The lowest BCUT2D eigenvalue weighted by molar-refractivity contribution is 0.304. The SMILES string of the molecule is ClCc1cccc(Cl)c1OCc1ccc2ncccc2c1. The fourth-order valence-corrected chi connectivity index (χ4v) is 2.65. The van der Waals surface area contributed by atoms with Crippen molar-refractivity contribution in [1.82, 2.24) is 4.98 Å². The largest absolute Gasteiger partial charge is 0.487 e. The van der Waals surface area contributed by atoms with Gasteiger partial charge in [-0.2, -0.15) is 0 Å². The number of alkyl halides is 1. The van der Waals surface area contributed by atoms with Gasteiger partial charge < -0.3 is 4.74 Å². The second-order valence-electron chi connectivity index (χ2n) is 4.68. The van der Waals surface area contributed by atoms with Crippen molar-refractivity contribution in [3.63, 3.8) is 0 Å². The zero-order valence-electron chi connectivity index (χ0n) is 11.2. The smallest absolute Gasteiger partial charge is 0.142 e. The maximum Gasteiger partial charge on any atom is 0.142 e. The number of pyridine rings is 1. The van der Waals surface area contributed by atoms with Crippen molar-refractivity contribution >= 4 is 34.1 Å². The molecule has 0 N–H and O–H groups in total. The summed E-state index contributed by atoms with van der Waals surface area (Å²) in [6.07, 6.45) is 1.79. The van der Waals surface area contributed by atoms with E-state index in [9.17, 15) is 0 Å². The molecule has 0 saturated carbocycles. The summed E-state index contributed by atoms with van der Waals surface area (Å²) in [6, 6.07) is 15.6. The van der Waals surface area contributed by atoms with Crippen molar-refractivity contribution in [3.05, 3.63) is 70.9 Å². The van der Waals surface area contributed by atoms with E-state index in [0.29, 0.717) is 23.3 Å². The molecule has 3 rings (SSSR count). The van der Waals surface area contributed by atoms with Crippen LogP contribution in [0.2, 0.25) is 5.02 Å². The minimum Gasteiger partial charge on any atom is -0.487 e. The van der Waals surface area contributed by atoms with Gasteiger partial charge in [0.15, 0.2) is 0 Å². The molecule has 0 aliphatic carbocycles. The van der Waals surface area contributed by atoms with E-state index in [4.69, 9.17) is 27.9 Å². The van der Waals surface area contributed by atoms with Crippen LogP contribution in [0.25, 0.3) is 10.9 Å². The van der Waals surface area contributed by atoms with Gasteiger partial charge in [0.1, 0.15) is 12.4 Å². The highest BCUT2D eigenvalue weighted by molar-refractivity contribution is 6.32. The Bertz CT molecular complexity index is 774. The molecule has 0 radical (unpaired) electrons. The predicted octanol–water partition coefficient (Wildman–Crippen LogP) is 5.21. The first-order valence-corrected chi connectivity index (χ1v) is 7.49. The van der Waals surface area contributed by atoms with Crippen LogP contribution in [0.3, 0.4) is 0 Å². The van der Waals surface area contributed by atoms with E-state index in [2.05, 4.69) is 11.1 Å². The summed E-state index contributed by atoms with van der Waals surface area (Å²) in [7, 11) is 0. The van der Waals surface area contributed by atoms with Crippen LogP contribution in [0, 0.1) is 0 Å². The topological polar surface area (TPSA) is 22.1 Å². The summed E-state index contributed by atoms with van der Waals surface area (Å²) in [5.41, 5.74) is 2.93. The van der Waals surface area contributed by atoms with E-state index in [1.54, 1.807) is 12.3 Å². The number of hydrogen-bond acceptors (Lipinski definition) is 2. The summed E-state index contributed by atoms with van der Waals surface area (Å²) in [5.74, 6) is 1.03.